The SMILES string of the molecule is CC(C)(C)OC(=O)C1CCCc2sccc21. The fraction of sp³-hybridized carbons (Fsp3) is 0.615. The van der Waals surface area contributed by atoms with E-state index in [1.807, 2.05) is 20.8 Å². The first-order valence-corrected chi connectivity index (χ1v) is 6.64. The number of thiophene rings is 1. The predicted octanol–water partition coefficient (Wildman–Crippen LogP) is 3.51. The molecule has 3 heteroatoms. The molecule has 1 heterocycles. The Labute approximate surface area is 101 Å². The van der Waals surface area contributed by atoms with Crippen molar-refractivity contribution < 1.29 is 9.53 Å². The van der Waals surface area contributed by atoms with Gasteiger partial charge in [0.05, 0.1) is 5.92 Å². The highest BCUT2D eigenvalue weighted by Gasteiger charge is 2.30. The third kappa shape index (κ3) is 2.46. The first-order chi connectivity index (χ1) is 7.47. The van der Waals surface area contributed by atoms with E-state index < -0.39 is 0 Å². The molecule has 88 valence electrons. The highest BCUT2D eigenvalue weighted by atomic mass is 32.1. The van der Waals surface area contributed by atoms with Gasteiger partial charge in [-0.3, -0.25) is 4.79 Å². The van der Waals surface area contributed by atoms with Crippen molar-refractivity contribution in [1.82, 2.24) is 0 Å². The molecule has 0 aliphatic heterocycles. The Morgan fingerprint density at radius 2 is 2.25 bits per heavy atom. The lowest BCUT2D eigenvalue weighted by Gasteiger charge is -2.26. The molecule has 0 spiro atoms. The molecular weight excluding hydrogens is 220 g/mol. The summed E-state index contributed by atoms with van der Waals surface area (Å²) in [6.45, 7) is 5.76. The van der Waals surface area contributed by atoms with Crippen LogP contribution in [0.1, 0.15) is 50.0 Å². The van der Waals surface area contributed by atoms with Gasteiger partial charge in [-0.15, -0.1) is 11.3 Å². The first-order valence-electron chi connectivity index (χ1n) is 5.76. The van der Waals surface area contributed by atoms with Gasteiger partial charge in [-0.1, -0.05) is 0 Å². The third-order valence-corrected chi connectivity index (χ3v) is 3.74. The topological polar surface area (TPSA) is 26.3 Å². The van der Waals surface area contributed by atoms with Crippen LogP contribution in [0, 0.1) is 0 Å². The molecule has 0 N–H and O–H groups in total. The van der Waals surface area contributed by atoms with Gasteiger partial charge in [-0.05, 0) is 57.0 Å². The van der Waals surface area contributed by atoms with Crippen molar-refractivity contribution in [3.05, 3.63) is 21.9 Å². The van der Waals surface area contributed by atoms with E-state index in [4.69, 9.17) is 4.74 Å². The van der Waals surface area contributed by atoms with E-state index >= 15 is 0 Å². The minimum absolute atomic E-state index is 0.0331. The summed E-state index contributed by atoms with van der Waals surface area (Å²) in [5, 5.41) is 2.08. The Bertz CT molecular complexity index is 387. The molecule has 2 nitrogen and oxygen atoms in total. The lowest BCUT2D eigenvalue weighted by atomic mass is 9.88. The third-order valence-electron chi connectivity index (χ3n) is 2.74. The maximum absolute atomic E-state index is 12.1. The van der Waals surface area contributed by atoms with E-state index in [9.17, 15) is 4.79 Å². The number of carbonyl (C=O) groups excluding carboxylic acids is 1. The summed E-state index contributed by atoms with van der Waals surface area (Å²) in [6, 6.07) is 2.08. The van der Waals surface area contributed by atoms with E-state index in [-0.39, 0.29) is 17.5 Å². The van der Waals surface area contributed by atoms with Crippen molar-refractivity contribution in [2.45, 2.75) is 51.6 Å². The number of hydrogen-bond acceptors (Lipinski definition) is 3. The fourth-order valence-corrected chi connectivity index (χ4v) is 3.09. The Morgan fingerprint density at radius 1 is 1.50 bits per heavy atom. The smallest absolute Gasteiger partial charge is 0.313 e. The standard InChI is InChI=1S/C13H18O2S/c1-13(2,3)15-12(14)10-5-4-6-11-9(10)7-8-16-11/h7-8,10H,4-6H2,1-3H3. The summed E-state index contributed by atoms with van der Waals surface area (Å²) in [4.78, 5) is 13.4. The molecule has 16 heavy (non-hydrogen) atoms. The number of hydrogen-bond donors (Lipinski definition) is 0. The van der Waals surface area contributed by atoms with Crippen LogP contribution in [-0.2, 0) is 16.0 Å². The molecule has 2 rings (SSSR count). The zero-order chi connectivity index (χ0) is 11.8. The maximum atomic E-state index is 12.1. The second-order valence-electron chi connectivity index (χ2n) is 5.28. The molecular formula is C13H18O2S. The first kappa shape index (κ1) is 11.6. The van der Waals surface area contributed by atoms with E-state index in [0.29, 0.717) is 0 Å². The molecule has 1 aliphatic rings. The number of esters is 1. The lowest BCUT2D eigenvalue weighted by Crippen LogP contribution is -2.29. The van der Waals surface area contributed by atoms with Crippen LogP contribution in [0.15, 0.2) is 11.4 Å². The van der Waals surface area contributed by atoms with E-state index in [1.165, 1.54) is 10.4 Å². The van der Waals surface area contributed by atoms with Crippen LogP contribution >= 0.6 is 11.3 Å². The Kier molecular flexibility index (Phi) is 3.06. The molecule has 1 unspecified atom stereocenters. The molecule has 0 saturated carbocycles. The second-order valence-corrected chi connectivity index (χ2v) is 6.28. The number of rotatable bonds is 1. The summed E-state index contributed by atoms with van der Waals surface area (Å²) in [6.07, 6.45) is 3.14. The highest BCUT2D eigenvalue weighted by Crippen LogP contribution is 2.36. The normalized spacial score (nSPS) is 20.3. The minimum Gasteiger partial charge on any atom is -0.459 e. The molecule has 0 radical (unpaired) electrons. The zero-order valence-corrected chi connectivity index (χ0v) is 10.9. The van der Waals surface area contributed by atoms with Crippen molar-refractivity contribution in [2.75, 3.05) is 0 Å². The van der Waals surface area contributed by atoms with Crippen molar-refractivity contribution in [2.24, 2.45) is 0 Å². The largest absolute Gasteiger partial charge is 0.459 e. The molecule has 0 amide bonds. The van der Waals surface area contributed by atoms with Gasteiger partial charge in [0.2, 0.25) is 0 Å². The zero-order valence-electron chi connectivity index (χ0n) is 10.1. The van der Waals surface area contributed by atoms with Gasteiger partial charge in [0.15, 0.2) is 0 Å². The van der Waals surface area contributed by atoms with Crippen LogP contribution in [0.25, 0.3) is 0 Å². The fourth-order valence-electron chi connectivity index (χ4n) is 2.10. The van der Waals surface area contributed by atoms with E-state index in [1.54, 1.807) is 11.3 Å². The van der Waals surface area contributed by atoms with Crippen molar-refractivity contribution >= 4 is 17.3 Å². The van der Waals surface area contributed by atoms with Crippen molar-refractivity contribution in [1.29, 1.82) is 0 Å². The van der Waals surface area contributed by atoms with E-state index in [0.717, 1.165) is 19.3 Å². The van der Waals surface area contributed by atoms with Gasteiger partial charge in [0, 0.05) is 4.88 Å². The van der Waals surface area contributed by atoms with Gasteiger partial charge in [-0.2, -0.15) is 0 Å². The average molecular weight is 238 g/mol. The minimum atomic E-state index is -0.384. The van der Waals surface area contributed by atoms with Crippen LogP contribution in [0.3, 0.4) is 0 Å². The Balaban J connectivity index is 2.15. The lowest BCUT2D eigenvalue weighted by molar-refractivity contribution is -0.157. The monoisotopic (exact) mass is 238 g/mol. The Morgan fingerprint density at radius 3 is 2.94 bits per heavy atom. The summed E-state index contributed by atoms with van der Waals surface area (Å²) >= 11 is 1.76. The molecule has 1 aromatic rings. The number of ether oxygens (including phenoxy) is 1. The predicted molar refractivity (Wildman–Crippen MR) is 65.8 cm³/mol. The molecule has 0 aromatic carbocycles. The number of fused-ring (bicyclic) bond motifs is 1. The van der Waals surface area contributed by atoms with Crippen LogP contribution in [0.4, 0.5) is 0 Å². The van der Waals surface area contributed by atoms with Crippen LogP contribution in [-0.4, -0.2) is 11.6 Å². The van der Waals surface area contributed by atoms with Gasteiger partial charge < -0.3 is 4.74 Å². The van der Waals surface area contributed by atoms with Crippen LogP contribution in [0.2, 0.25) is 0 Å². The summed E-state index contributed by atoms with van der Waals surface area (Å²) in [5.41, 5.74) is 0.815. The van der Waals surface area contributed by atoms with Crippen LogP contribution < -0.4 is 0 Å². The second kappa shape index (κ2) is 4.21. The van der Waals surface area contributed by atoms with Gasteiger partial charge in [-0.25, -0.2) is 0 Å². The molecule has 1 atom stereocenters. The highest BCUT2D eigenvalue weighted by molar-refractivity contribution is 7.10. The number of aryl methyl sites for hydroxylation is 1. The number of carbonyl (C=O) groups is 1. The van der Waals surface area contributed by atoms with Gasteiger partial charge in [0.25, 0.3) is 0 Å². The molecule has 0 fully saturated rings. The van der Waals surface area contributed by atoms with Gasteiger partial charge >= 0.3 is 5.97 Å². The van der Waals surface area contributed by atoms with E-state index in [2.05, 4.69) is 11.4 Å². The summed E-state index contributed by atoms with van der Waals surface area (Å²) in [7, 11) is 0. The molecule has 0 saturated heterocycles. The summed E-state index contributed by atoms with van der Waals surface area (Å²) in [5.74, 6) is -0.0962. The maximum Gasteiger partial charge on any atom is 0.313 e. The van der Waals surface area contributed by atoms with Crippen molar-refractivity contribution in [3.63, 3.8) is 0 Å². The van der Waals surface area contributed by atoms with Crippen molar-refractivity contribution in [3.8, 4) is 0 Å². The quantitative estimate of drug-likeness (QED) is 0.700. The molecule has 1 aliphatic carbocycles. The Hall–Kier alpha value is -0.830. The molecule has 1 aromatic heterocycles. The van der Waals surface area contributed by atoms with Gasteiger partial charge in [0.1, 0.15) is 5.60 Å². The summed E-state index contributed by atoms with van der Waals surface area (Å²) < 4.78 is 5.47. The molecule has 0 bridgehead atoms. The average Bonchev–Trinajstić information content (AvgIpc) is 2.61. The van der Waals surface area contributed by atoms with Crippen LogP contribution in [0.5, 0.6) is 0 Å².